The van der Waals surface area contributed by atoms with E-state index in [1.165, 1.54) is 50.6 Å². The first kappa shape index (κ1) is 11.1. The van der Waals surface area contributed by atoms with Crippen molar-refractivity contribution in [3.63, 3.8) is 0 Å². The van der Waals surface area contributed by atoms with Gasteiger partial charge in [-0.25, -0.2) is 9.97 Å². The van der Waals surface area contributed by atoms with Crippen molar-refractivity contribution in [2.45, 2.75) is 56.9 Å². The summed E-state index contributed by atoms with van der Waals surface area (Å²) in [5, 5.41) is 0. The van der Waals surface area contributed by atoms with E-state index in [-0.39, 0.29) is 6.04 Å². The Morgan fingerprint density at radius 2 is 1.88 bits per heavy atom. The van der Waals surface area contributed by atoms with Crippen molar-refractivity contribution in [2.24, 2.45) is 11.7 Å². The second-order valence-corrected chi connectivity index (χ2v) is 5.54. The van der Waals surface area contributed by atoms with Crippen LogP contribution in [-0.4, -0.2) is 9.97 Å². The topological polar surface area (TPSA) is 51.8 Å². The van der Waals surface area contributed by atoms with Gasteiger partial charge in [0.25, 0.3) is 0 Å². The van der Waals surface area contributed by atoms with Crippen LogP contribution in [0.5, 0.6) is 0 Å². The smallest absolute Gasteiger partial charge is 0.145 e. The predicted molar refractivity (Wildman–Crippen MR) is 67.5 cm³/mol. The molecule has 1 unspecified atom stereocenters. The van der Waals surface area contributed by atoms with Crippen LogP contribution in [-0.2, 0) is 0 Å². The summed E-state index contributed by atoms with van der Waals surface area (Å²) in [6.07, 6.45) is 11.0. The summed E-state index contributed by atoms with van der Waals surface area (Å²) in [7, 11) is 0. The van der Waals surface area contributed by atoms with Crippen LogP contribution >= 0.6 is 0 Å². The van der Waals surface area contributed by atoms with Crippen molar-refractivity contribution in [1.82, 2.24) is 9.97 Å². The molecule has 17 heavy (non-hydrogen) atoms. The van der Waals surface area contributed by atoms with Crippen LogP contribution in [0.1, 0.15) is 68.4 Å². The van der Waals surface area contributed by atoms with Gasteiger partial charge >= 0.3 is 0 Å². The molecule has 92 valence electrons. The van der Waals surface area contributed by atoms with Gasteiger partial charge in [0.2, 0.25) is 0 Å². The third kappa shape index (κ3) is 2.49. The second kappa shape index (κ2) is 4.73. The average molecular weight is 231 g/mol. The maximum atomic E-state index is 6.17. The molecule has 0 radical (unpaired) electrons. The van der Waals surface area contributed by atoms with E-state index in [1.54, 1.807) is 0 Å². The molecule has 3 rings (SSSR count). The molecular weight excluding hydrogens is 210 g/mol. The molecule has 3 heteroatoms. The fourth-order valence-electron chi connectivity index (χ4n) is 2.84. The van der Waals surface area contributed by atoms with Crippen LogP contribution in [0.15, 0.2) is 12.3 Å². The molecule has 0 aliphatic heterocycles. The van der Waals surface area contributed by atoms with Gasteiger partial charge in [0.1, 0.15) is 5.82 Å². The van der Waals surface area contributed by atoms with Crippen molar-refractivity contribution in [1.29, 1.82) is 0 Å². The Balaban J connectivity index is 1.77. The fraction of sp³-hybridized carbons (Fsp3) is 0.714. The van der Waals surface area contributed by atoms with E-state index < -0.39 is 0 Å². The van der Waals surface area contributed by atoms with Crippen molar-refractivity contribution in [2.75, 3.05) is 0 Å². The Kier molecular flexibility index (Phi) is 3.10. The molecule has 2 aliphatic carbocycles. The predicted octanol–water partition coefficient (Wildman–Crippen LogP) is 2.93. The standard InChI is InChI=1S/C14H21N3/c15-13(11-6-7-11)14-16-9-8-12(17-14)10-4-2-1-3-5-10/h8-11,13H,1-7,15H2. The number of aromatic nitrogens is 2. The SMILES string of the molecule is NC(c1nccc(C2CCCCC2)n1)C1CC1. The fourth-order valence-corrected chi connectivity index (χ4v) is 2.84. The quantitative estimate of drug-likeness (QED) is 0.870. The van der Waals surface area contributed by atoms with Gasteiger partial charge < -0.3 is 5.73 Å². The van der Waals surface area contributed by atoms with Crippen LogP contribution in [0.25, 0.3) is 0 Å². The first-order valence-corrected chi connectivity index (χ1v) is 6.93. The summed E-state index contributed by atoms with van der Waals surface area (Å²) in [6, 6.07) is 2.15. The highest BCUT2D eigenvalue weighted by atomic mass is 14.9. The van der Waals surface area contributed by atoms with Gasteiger partial charge in [-0.05, 0) is 37.7 Å². The van der Waals surface area contributed by atoms with Gasteiger partial charge in [-0.2, -0.15) is 0 Å². The Hall–Kier alpha value is -0.960. The third-order valence-electron chi connectivity index (χ3n) is 4.15. The molecule has 2 fully saturated rings. The Bertz CT molecular complexity index is 381. The van der Waals surface area contributed by atoms with E-state index >= 15 is 0 Å². The molecule has 0 saturated heterocycles. The average Bonchev–Trinajstić information content (AvgIpc) is 3.23. The number of nitrogens with two attached hydrogens (primary N) is 1. The zero-order chi connectivity index (χ0) is 11.7. The molecule has 2 saturated carbocycles. The van der Waals surface area contributed by atoms with Gasteiger partial charge in [-0.15, -0.1) is 0 Å². The summed E-state index contributed by atoms with van der Waals surface area (Å²) in [4.78, 5) is 9.08. The highest BCUT2D eigenvalue weighted by molar-refractivity contribution is 5.12. The van der Waals surface area contributed by atoms with E-state index in [2.05, 4.69) is 11.1 Å². The van der Waals surface area contributed by atoms with Gasteiger partial charge in [-0.3, -0.25) is 0 Å². The number of rotatable bonds is 3. The minimum atomic E-state index is 0.0681. The van der Waals surface area contributed by atoms with Crippen LogP contribution in [0.3, 0.4) is 0 Å². The first-order valence-electron chi connectivity index (χ1n) is 6.93. The minimum absolute atomic E-state index is 0.0681. The van der Waals surface area contributed by atoms with Crippen molar-refractivity contribution in [3.05, 3.63) is 23.8 Å². The molecule has 0 amide bonds. The normalized spacial score (nSPS) is 23.6. The molecule has 0 aromatic carbocycles. The number of hydrogen-bond donors (Lipinski definition) is 1. The Morgan fingerprint density at radius 3 is 2.59 bits per heavy atom. The maximum Gasteiger partial charge on any atom is 0.145 e. The molecule has 2 N–H and O–H groups in total. The van der Waals surface area contributed by atoms with Crippen LogP contribution in [0.2, 0.25) is 0 Å². The summed E-state index contributed by atoms with van der Waals surface area (Å²) in [6.45, 7) is 0. The first-order chi connectivity index (χ1) is 8.34. The van der Waals surface area contributed by atoms with Gasteiger partial charge in [0.05, 0.1) is 6.04 Å². The minimum Gasteiger partial charge on any atom is -0.321 e. The summed E-state index contributed by atoms with van der Waals surface area (Å²) in [5.41, 5.74) is 7.40. The lowest BCUT2D eigenvalue weighted by Gasteiger charge is -2.21. The van der Waals surface area contributed by atoms with Gasteiger partial charge in [0.15, 0.2) is 0 Å². The van der Waals surface area contributed by atoms with E-state index in [0.717, 1.165) is 5.82 Å². The van der Waals surface area contributed by atoms with Crippen molar-refractivity contribution in [3.8, 4) is 0 Å². The Labute approximate surface area is 103 Å². The number of nitrogens with zero attached hydrogens (tertiary/aromatic N) is 2. The van der Waals surface area contributed by atoms with Crippen molar-refractivity contribution >= 4 is 0 Å². The highest BCUT2D eigenvalue weighted by Crippen LogP contribution is 2.39. The van der Waals surface area contributed by atoms with Crippen molar-refractivity contribution < 1.29 is 0 Å². The van der Waals surface area contributed by atoms with Gasteiger partial charge in [-0.1, -0.05) is 19.3 Å². The molecule has 1 aromatic heterocycles. The summed E-state index contributed by atoms with van der Waals surface area (Å²) in [5.74, 6) is 2.16. The zero-order valence-electron chi connectivity index (χ0n) is 10.3. The molecule has 1 aromatic rings. The third-order valence-corrected chi connectivity index (χ3v) is 4.15. The lowest BCUT2D eigenvalue weighted by Crippen LogP contribution is -2.17. The summed E-state index contributed by atoms with van der Waals surface area (Å²) < 4.78 is 0. The maximum absolute atomic E-state index is 6.17. The molecule has 2 aliphatic rings. The lowest BCUT2D eigenvalue weighted by atomic mass is 9.87. The Morgan fingerprint density at radius 1 is 1.12 bits per heavy atom. The lowest BCUT2D eigenvalue weighted by molar-refractivity contribution is 0.433. The number of hydrogen-bond acceptors (Lipinski definition) is 3. The largest absolute Gasteiger partial charge is 0.321 e. The van der Waals surface area contributed by atoms with Crippen LogP contribution in [0, 0.1) is 5.92 Å². The van der Waals surface area contributed by atoms with E-state index in [4.69, 9.17) is 10.7 Å². The van der Waals surface area contributed by atoms with E-state index in [0.29, 0.717) is 11.8 Å². The van der Waals surface area contributed by atoms with Gasteiger partial charge in [0, 0.05) is 17.8 Å². The van der Waals surface area contributed by atoms with Crippen LogP contribution in [0.4, 0.5) is 0 Å². The van der Waals surface area contributed by atoms with Crippen LogP contribution < -0.4 is 5.73 Å². The molecule has 3 nitrogen and oxygen atoms in total. The summed E-state index contributed by atoms with van der Waals surface area (Å²) >= 11 is 0. The second-order valence-electron chi connectivity index (χ2n) is 5.54. The van der Waals surface area contributed by atoms with E-state index in [1.807, 2.05) is 6.20 Å². The van der Waals surface area contributed by atoms with E-state index in [9.17, 15) is 0 Å². The molecule has 1 atom stereocenters. The molecule has 1 heterocycles. The highest BCUT2D eigenvalue weighted by Gasteiger charge is 2.31. The molecule has 0 spiro atoms. The zero-order valence-corrected chi connectivity index (χ0v) is 10.3. The molecule has 0 bridgehead atoms. The molecular formula is C14H21N3. The monoisotopic (exact) mass is 231 g/mol.